The Morgan fingerprint density at radius 2 is 1.70 bits per heavy atom. The first kappa shape index (κ1) is 17.0. The zero-order valence-corrected chi connectivity index (χ0v) is 13.5. The van der Waals surface area contributed by atoms with Gasteiger partial charge >= 0.3 is 6.09 Å². The van der Waals surface area contributed by atoms with Crippen molar-refractivity contribution in [2.75, 3.05) is 18.1 Å². The van der Waals surface area contributed by atoms with Gasteiger partial charge in [0.1, 0.15) is 5.75 Å². The summed E-state index contributed by atoms with van der Waals surface area (Å²) in [7, 11) is -3.18. The fraction of sp³-hybridized carbons (Fsp3) is 0.188. The van der Waals surface area contributed by atoms with E-state index in [1.807, 2.05) is 18.2 Å². The molecule has 0 spiro atoms. The molecule has 2 aromatic carbocycles. The Bertz CT molecular complexity index is 743. The average Bonchev–Trinajstić information content (AvgIpc) is 2.49. The minimum absolute atomic E-state index is 0.327. The van der Waals surface area contributed by atoms with Crippen LogP contribution in [-0.4, -0.2) is 27.3 Å². The second-order valence-corrected chi connectivity index (χ2v) is 6.77. The van der Waals surface area contributed by atoms with Gasteiger partial charge in [0.05, 0.1) is 6.26 Å². The Hall–Kier alpha value is -2.38. The van der Waals surface area contributed by atoms with Gasteiger partial charge in [-0.2, -0.15) is 0 Å². The molecular formula is C16H18N2O4S. The summed E-state index contributed by atoms with van der Waals surface area (Å²) in [5, 5.41) is 2.62. The summed E-state index contributed by atoms with van der Waals surface area (Å²) in [5.41, 5.74) is 1.60. The number of carbonyl (C=O) groups excluding carboxylic acids is 1. The molecule has 2 aromatic rings. The standard InChI is InChI=1S/C16H18N2O4S/c1-23(20,21)17-12-11-13-7-9-15(10-8-13)22-16(19)18-14-5-3-2-4-6-14/h2-10,17H,11-12H2,1H3,(H,18,19). The van der Waals surface area contributed by atoms with E-state index in [1.165, 1.54) is 0 Å². The zero-order chi connectivity index (χ0) is 16.7. The van der Waals surface area contributed by atoms with Crippen molar-refractivity contribution in [1.29, 1.82) is 0 Å². The van der Waals surface area contributed by atoms with Crippen molar-refractivity contribution < 1.29 is 17.9 Å². The summed E-state index contributed by atoms with van der Waals surface area (Å²) >= 11 is 0. The van der Waals surface area contributed by atoms with E-state index < -0.39 is 16.1 Å². The number of sulfonamides is 1. The second kappa shape index (κ2) is 7.75. The topological polar surface area (TPSA) is 84.5 Å². The smallest absolute Gasteiger partial charge is 0.410 e. The van der Waals surface area contributed by atoms with E-state index in [0.717, 1.165) is 11.8 Å². The van der Waals surface area contributed by atoms with Gasteiger partial charge in [-0.15, -0.1) is 0 Å². The van der Waals surface area contributed by atoms with Gasteiger partial charge < -0.3 is 4.74 Å². The van der Waals surface area contributed by atoms with Gasteiger partial charge in [0.25, 0.3) is 0 Å². The predicted molar refractivity (Wildman–Crippen MR) is 89.1 cm³/mol. The lowest BCUT2D eigenvalue weighted by Crippen LogP contribution is -2.24. The number of hydrogen-bond donors (Lipinski definition) is 2. The monoisotopic (exact) mass is 334 g/mol. The third-order valence-corrected chi connectivity index (χ3v) is 3.66. The number of nitrogens with one attached hydrogen (secondary N) is 2. The van der Waals surface area contributed by atoms with Crippen molar-refractivity contribution in [3.8, 4) is 5.75 Å². The highest BCUT2D eigenvalue weighted by Gasteiger charge is 2.05. The summed E-state index contributed by atoms with van der Waals surface area (Å²) in [6.07, 6.45) is 1.11. The summed E-state index contributed by atoms with van der Waals surface area (Å²) in [6, 6.07) is 15.9. The largest absolute Gasteiger partial charge is 0.417 e. The SMILES string of the molecule is CS(=O)(=O)NCCc1ccc(OC(=O)Nc2ccccc2)cc1. The van der Waals surface area contributed by atoms with Crippen LogP contribution in [0.3, 0.4) is 0 Å². The van der Waals surface area contributed by atoms with E-state index in [9.17, 15) is 13.2 Å². The Labute approximate surface area is 135 Å². The lowest BCUT2D eigenvalue weighted by molar-refractivity contribution is 0.215. The summed E-state index contributed by atoms with van der Waals surface area (Å²) < 4.78 is 29.5. The lowest BCUT2D eigenvalue weighted by Gasteiger charge is -2.07. The molecule has 2 N–H and O–H groups in total. The molecule has 0 saturated carbocycles. The minimum Gasteiger partial charge on any atom is -0.410 e. The highest BCUT2D eigenvalue weighted by Crippen LogP contribution is 2.14. The van der Waals surface area contributed by atoms with Crippen LogP contribution in [0.4, 0.5) is 10.5 Å². The summed E-state index contributed by atoms with van der Waals surface area (Å²) in [6.45, 7) is 0.327. The molecule has 7 heteroatoms. The molecule has 0 fully saturated rings. The molecule has 0 atom stereocenters. The van der Waals surface area contributed by atoms with Crippen molar-refractivity contribution in [3.63, 3.8) is 0 Å². The van der Waals surface area contributed by atoms with Crippen molar-refractivity contribution in [3.05, 3.63) is 60.2 Å². The summed E-state index contributed by atoms with van der Waals surface area (Å²) in [5.74, 6) is 0.415. The Kier molecular flexibility index (Phi) is 5.72. The number of ether oxygens (including phenoxy) is 1. The molecule has 1 amide bonds. The van der Waals surface area contributed by atoms with Crippen LogP contribution < -0.4 is 14.8 Å². The van der Waals surface area contributed by atoms with Crippen LogP contribution in [0.25, 0.3) is 0 Å². The van der Waals surface area contributed by atoms with Crippen molar-refractivity contribution in [2.45, 2.75) is 6.42 Å². The van der Waals surface area contributed by atoms with Gasteiger partial charge in [0.2, 0.25) is 10.0 Å². The number of para-hydroxylation sites is 1. The maximum Gasteiger partial charge on any atom is 0.417 e. The minimum atomic E-state index is -3.18. The molecule has 0 saturated heterocycles. The Morgan fingerprint density at radius 3 is 2.30 bits per heavy atom. The highest BCUT2D eigenvalue weighted by atomic mass is 32.2. The third-order valence-electron chi connectivity index (χ3n) is 2.93. The van der Waals surface area contributed by atoms with Crippen molar-refractivity contribution in [1.82, 2.24) is 4.72 Å². The molecule has 0 aliphatic heterocycles. The van der Waals surface area contributed by atoms with Gasteiger partial charge in [-0.25, -0.2) is 17.9 Å². The first-order valence-electron chi connectivity index (χ1n) is 7.00. The average molecular weight is 334 g/mol. The Balaban J connectivity index is 1.83. The first-order chi connectivity index (χ1) is 10.9. The zero-order valence-electron chi connectivity index (χ0n) is 12.7. The molecule has 0 aliphatic rings. The normalized spacial score (nSPS) is 11.0. The number of benzene rings is 2. The third kappa shape index (κ3) is 6.50. The molecule has 0 unspecified atom stereocenters. The number of carbonyl (C=O) groups is 1. The van der Waals surface area contributed by atoms with Crippen LogP contribution >= 0.6 is 0 Å². The second-order valence-electron chi connectivity index (χ2n) is 4.94. The first-order valence-corrected chi connectivity index (χ1v) is 8.89. The molecule has 0 bridgehead atoms. The van der Waals surface area contributed by atoms with Gasteiger partial charge in [0.15, 0.2) is 0 Å². The van der Waals surface area contributed by atoms with E-state index in [1.54, 1.807) is 36.4 Å². The number of anilines is 1. The van der Waals surface area contributed by atoms with E-state index >= 15 is 0 Å². The Morgan fingerprint density at radius 1 is 1.04 bits per heavy atom. The van der Waals surface area contributed by atoms with E-state index in [4.69, 9.17) is 4.74 Å². The van der Waals surface area contributed by atoms with Crippen LogP contribution in [0.1, 0.15) is 5.56 Å². The molecule has 23 heavy (non-hydrogen) atoms. The number of rotatable bonds is 6. The van der Waals surface area contributed by atoms with Crippen LogP contribution in [-0.2, 0) is 16.4 Å². The molecule has 0 aliphatic carbocycles. The molecule has 2 rings (SSSR count). The maximum absolute atomic E-state index is 11.7. The fourth-order valence-electron chi connectivity index (χ4n) is 1.88. The van der Waals surface area contributed by atoms with Crippen molar-refractivity contribution >= 4 is 21.8 Å². The number of hydrogen-bond acceptors (Lipinski definition) is 4. The van der Waals surface area contributed by atoms with Crippen LogP contribution in [0.5, 0.6) is 5.75 Å². The lowest BCUT2D eigenvalue weighted by atomic mass is 10.1. The quantitative estimate of drug-likeness (QED) is 0.849. The van der Waals surface area contributed by atoms with E-state index in [2.05, 4.69) is 10.0 Å². The van der Waals surface area contributed by atoms with Gasteiger partial charge in [-0.1, -0.05) is 30.3 Å². The van der Waals surface area contributed by atoms with E-state index in [-0.39, 0.29) is 0 Å². The molecule has 0 aromatic heterocycles. The van der Waals surface area contributed by atoms with Crippen molar-refractivity contribution in [2.24, 2.45) is 0 Å². The molecule has 6 nitrogen and oxygen atoms in total. The van der Waals surface area contributed by atoms with Crippen LogP contribution in [0.2, 0.25) is 0 Å². The van der Waals surface area contributed by atoms with Gasteiger partial charge in [0, 0.05) is 12.2 Å². The number of amides is 1. The van der Waals surface area contributed by atoms with Gasteiger partial charge in [-0.3, -0.25) is 5.32 Å². The summed E-state index contributed by atoms with van der Waals surface area (Å²) in [4.78, 5) is 11.7. The highest BCUT2D eigenvalue weighted by molar-refractivity contribution is 7.88. The van der Waals surface area contributed by atoms with E-state index in [0.29, 0.717) is 24.4 Å². The van der Waals surface area contributed by atoms with Crippen LogP contribution in [0.15, 0.2) is 54.6 Å². The molecule has 122 valence electrons. The maximum atomic E-state index is 11.7. The molecule has 0 radical (unpaired) electrons. The predicted octanol–water partition coefficient (Wildman–Crippen LogP) is 2.39. The molecular weight excluding hydrogens is 316 g/mol. The molecule has 0 heterocycles. The van der Waals surface area contributed by atoms with Gasteiger partial charge in [-0.05, 0) is 36.2 Å². The fourth-order valence-corrected chi connectivity index (χ4v) is 2.35. The van der Waals surface area contributed by atoms with Crippen LogP contribution in [0, 0.1) is 0 Å².